The Morgan fingerprint density at radius 3 is 2.71 bits per heavy atom. The Hall–Kier alpha value is -2.47. The maximum absolute atomic E-state index is 12.0. The van der Waals surface area contributed by atoms with E-state index in [1.807, 2.05) is 0 Å². The fourth-order valence-corrected chi connectivity index (χ4v) is 3.18. The van der Waals surface area contributed by atoms with Crippen molar-refractivity contribution in [2.24, 2.45) is 0 Å². The Morgan fingerprint density at radius 2 is 2.19 bits per heavy atom. The number of pyridine rings is 1. The molecule has 1 unspecified atom stereocenters. The lowest BCUT2D eigenvalue weighted by molar-refractivity contribution is -0.140. The average molecular weight is 311 g/mol. The number of carbonyl (C=O) groups excluding carboxylic acids is 1. The Kier molecular flexibility index (Phi) is 5.37. The molecule has 0 saturated carbocycles. The second-order valence-corrected chi connectivity index (χ2v) is 6.38. The summed E-state index contributed by atoms with van der Waals surface area (Å²) in [4.78, 5) is 25.6. The van der Waals surface area contributed by atoms with Gasteiger partial charge in [-0.1, -0.05) is 6.07 Å². The fraction of sp³-hybridized carbons (Fsp3) is 0.333. The minimum atomic E-state index is -3.84. The van der Waals surface area contributed by atoms with E-state index in [1.54, 1.807) is 6.07 Å². The molecular formula is C12H13N3O5S. The van der Waals surface area contributed by atoms with Crippen molar-refractivity contribution in [3.63, 3.8) is 0 Å². The number of aromatic nitrogens is 1. The second-order valence-electron chi connectivity index (χ2n) is 4.27. The normalized spacial score (nSPS) is 12.2. The van der Waals surface area contributed by atoms with Crippen molar-refractivity contribution >= 4 is 21.7 Å². The molecule has 0 bridgehead atoms. The molecule has 1 aromatic heterocycles. The summed E-state index contributed by atoms with van der Waals surface area (Å²) < 4.78 is 24.0. The molecule has 0 fully saturated rings. The van der Waals surface area contributed by atoms with Crippen LogP contribution in [0, 0.1) is 11.3 Å². The number of hydrogen-bond acceptors (Lipinski definition) is 6. The zero-order chi connectivity index (χ0) is 16.0. The minimum absolute atomic E-state index is 0.0347. The van der Waals surface area contributed by atoms with Gasteiger partial charge in [-0.25, -0.2) is 18.2 Å². The zero-order valence-electron chi connectivity index (χ0n) is 11.1. The summed E-state index contributed by atoms with van der Waals surface area (Å²) in [6, 6.07) is 3.14. The van der Waals surface area contributed by atoms with Crippen molar-refractivity contribution in [2.75, 3.05) is 5.75 Å². The number of aliphatic carboxylic acids is 1. The molecule has 0 aliphatic rings. The number of nitriles is 1. The standard InChI is InChI=1S/C12H13N3O5S/c1-8(16)15-11(12(17)18)7-21(19,20)6-9-3-2-4-14-10(9)5-13/h2-4,11H,6-7H2,1H3,(H,15,16)(H,17,18). The highest BCUT2D eigenvalue weighted by atomic mass is 32.2. The maximum Gasteiger partial charge on any atom is 0.327 e. The van der Waals surface area contributed by atoms with Crippen molar-refractivity contribution < 1.29 is 23.1 Å². The molecule has 0 radical (unpaired) electrons. The van der Waals surface area contributed by atoms with Crippen molar-refractivity contribution in [3.05, 3.63) is 29.6 Å². The predicted molar refractivity (Wildman–Crippen MR) is 71.7 cm³/mol. The molecule has 0 saturated heterocycles. The predicted octanol–water partition coefficient (Wildman–Crippen LogP) is -0.543. The van der Waals surface area contributed by atoms with E-state index in [4.69, 9.17) is 10.4 Å². The zero-order valence-corrected chi connectivity index (χ0v) is 11.9. The molecule has 0 aliphatic carbocycles. The summed E-state index contributed by atoms with van der Waals surface area (Å²) in [5.74, 6) is -3.37. The van der Waals surface area contributed by atoms with Crippen molar-refractivity contribution in [1.82, 2.24) is 10.3 Å². The molecule has 0 aromatic carbocycles. The van der Waals surface area contributed by atoms with Crippen LogP contribution in [0.1, 0.15) is 18.2 Å². The number of carbonyl (C=O) groups is 2. The van der Waals surface area contributed by atoms with Gasteiger partial charge in [0.2, 0.25) is 5.91 Å². The number of carboxylic acids is 1. The summed E-state index contributed by atoms with van der Waals surface area (Å²) >= 11 is 0. The van der Waals surface area contributed by atoms with Gasteiger partial charge in [-0.05, 0) is 6.07 Å². The lowest BCUT2D eigenvalue weighted by atomic mass is 10.2. The van der Waals surface area contributed by atoms with Gasteiger partial charge in [0.25, 0.3) is 0 Å². The van der Waals surface area contributed by atoms with Crippen molar-refractivity contribution in [3.8, 4) is 6.07 Å². The van der Waals surface area contributed by atoms with Gasteiger partial charge in [-0.15, -0.1) is 0 Å². The van der Waals surface area contributed by atoms with Crippen LogP contribution in [0.25, 0.3) is 0 Å². The van der Waals surface area contributed by atoms with Gasteiger partial charge in [-0.3, -0.25) is 4.79 Å². The van der Waals surface area contributed by atoms with Crippen LogP contribution in [0.15, 0.2) is 18.3 Å². The number of nitrogens with zero attached hydrogens (tertiary/aromatic N) is 2. The van der Waals surface area contributed by atoms with Gasteiger partial charge < -0.3 is 10.4 Å². The average Bonchev–Trinajstić information content (AvgIpc) is 2.37. The molecule has 1 rings (SSSR count). The van der Waals surface area contributed by atoms with Crippen LogP contribution in [0.5, 0.6) is 0 Å². The van der Waals surface area contributed by atoms with Crippen LogP contribution in [0.3, 0.4) is 0 Å². The van der Waals surface area contributed by atoms with Gasteiger partial charge in [0.1, 0.15) is 17.8 Å². The van der Waals surface area contributed by atoms with Crippen molar-refractivity contribution in [1.29, 1.82) is 5.26 Å². The molecule has 2 N–H and O–H groups in total. The highest BCUT2D eigenvalue weighted by molar-refractivity contribution is 7.90. The highest BCUT2D eigenvalue weighted by Gasteiger charge is 2.26. The summed E-state index contributed by atoms with van der Waals surface area (Å²) in [5.41, 5.74) is 0.152. The molecule has 0 spiro atoms. The maximum atomic E-state index is 12.0. The molecule has 21 heavy (non-hydrogen) atoms. The third kappa shape index (κ3) is 5.19. The van der Waals surface area contributed by atoms with E-state index in [0.29, 0.717) is 0 Å². The van der Waals surface area contributed by atoms with Crippen LogP contribution in [0.4, 0.5) is 0 Å². The van der Waals surface area contributed by atoms with Crippen LogP contribution >= 0.6 is 0 Å². The molecule has 0 aliphatic heterocycles. The van der Waals surface area contributed by atoms with E-state index in [9.17, 15) is 18.0 Å². The first-order valence-corrected chi connectivity index (χ1v) is 7.61. The monoisotopic (exact) mass is 311 g/mol. The van der Waals surface area contributed by atoms with E-state index >= 15 is 0 Å². The number of carboxylic acid groups (broad SMARTS) is 1. The summed E-state index contributed by atoms with van der Waals surface area (Å²) in [6.07, 6.45) is 1.35. The minimum Gasteiger partial charge on any atom is -0.480 e. The number of nitrogens with one attached hydrogen (secondary N) is 1. The first-order valence-electron chi connectivity index (χ1n) is 5.79. The molecule has 1 heterocycles. The largest absolute Gasteiger partial charge is 0.480 e. The van der Waals surface area contributed by atoms with E-state index < -0.39 is 39.3 Å². The first-order chi connectivity index (χ1) is 9.75. The second kappa shape index (κ2) is 6.81. The highest BCUT2D eigenvalue weighted by Crippen LogP contribution is 2.11. The molecule has 1 atom stereocenters. The molecule has 1 aromatic rings. The molecule has 1 amide bonds. The van der Waals surface area contributed by atoms with Gasteiger partial charge in [0.15, 0.2) is 9.84 Å². The molecule has 8 nitrogen and oxygen atoms in total. The summed E-state index contributed by atoms with van der Waals surface area (Å²) in [5, 5.41) is 19.8. The topological polar surface area (TPSA) is 137 Å². The van der Waals surface area contributed by atoms with E-state index in [1.165, 1.54) is 18.3 Å². The van der Waals surface area contributed by atoms with Crippen LogP contribution in [-0.2, 0) is 25.2 Å². The van der Waals surface area contributed by atoms with Crippen LogP contribution in [0.2, 0.25) is 0 Å². The number of hydrogen-bond donors (Lipinski definition) is 2. The lowest BCUT2D eigenvalue weighted by Gasteiger charge is -2.13. The van der Waals surface area contributed by atoms with E-state index in [2.05, 4.69) is 10.3 Å². The van der Waals surface area contributed by atoms with Crippen LogP contribution in [-0.4, -0.2) is 42.2 Å². The lowest BCUT2D eigenvalue weighted by Crippen LogP contribution is -2.44. The Morgan fingerprint density at radius 1 is 1.52 bits per heavy atom. The third-order valence-electron chi connectivity index (χ3n) is 2.47. The van der Waals surface area contributed by atoms with Gasteiger partial charge >= 0.3 is 5.97 Å². The van der Waals surface area contributed by atoms with E-state index in [-0.39, 0.29) is 11.3 Å². The van der Waals surface area contributed by atoms with Crippen LogP contribution < -0.4 is 5.32 Å². The Bertz CT molecular complexity index is 693. The molecule has 9 heteroatoms. The number of amides is 1. The molecule has 112 valence electrons. The third-order valence-corrected chi connectivity index (χ3v) is 4.06. The molecular weight excluding hydrogens is 298 g/mol. The Balaban J connectivity index is 2.93. The summed E-state index contributed by atoms with van der Waals surface area (Å²) in [7, 11) is -3.84. The van der Waals surface area contributed by atoms with E-state index in [0.717, 1.165) is 6.92 Å². The quantitative estimate of drug-likeness (QED) is 0.719. The number of sulfone groups is 1. The SMILES string of the molecule is CC(=O)NC(CS(=O)(=O)Cc1cccnc1C#N)C(=O)O. The van der Waals surface area contributed by atoms with Gasteiger partial charge in [0.05, 0.1) is 11.5 Å². The van der Waals surface area contributed by atoms with Gasteiger partial charge in [-0.2, -0.15) is 5.26 Å². The van der Waals surface area contributed by atoms with Gasteiger partial charge in [0, 0.05) is 18.7 Å². The first kappa shape index (κ1) is 16.6. The summed E-state index contributed by atoms with van der Waals surface area (Å²) in [6.45, 7) is 1.09. The smallest absolute Gasteiger partial charge is 0.327 e. The van der Waals surface area contributed by atoms with Crippen molar-refractivity contribution in [2.45, 2.75) is 18.7 Å². The Labute approximate surface area is 121 Å². The number of rotatable bonds is 6. The fourth-order valence-electron chi connectivity index (χ4n) is 1.63.